The molecule has 11 nitrogen and oxygen atoms in total. The molecule has 0 aliphatic heterocycles. The van der Waals surface area contributed by atoms with Gasteiger partial charge in [0.15, 0.2) is 5.75 Å². The first kappa shape index (κ1) is 30.7. The number of hydrogen-bond acceptors (Lipinski definition) is 10. The first-order chi connectivity index (χ1) is 18.0. The summed E-state index contributed by atoms with van der Waals surface area (Å²) in [5, 5.41) is 11.4. The number of benzene rings is 2. The van der Waals surface area contributed by atoms with Crippen molar-refractivity contribution >= 4 is 38.2 Å². The Hall–Kier alpha value is -2.81. The van der Waals surface area contributed by atoms with Gasteiger partial charge >= 0.3 is 34.7 Å². The molecule has 2 heterocycles. The van der Waals surface area contributed by atoms with Crippen molar-refractivity contribution in [3.63, 3.8) is 0 Å². The summed E-state index contributed by atoms with van der Waals surface area (Å²) in [5.74, 6) is -0.900. The van der Waals surface area contributed by atoms with Crippen molar-refractivity contribution in [1.29, 1.82) is 0 Å². The maximum Gasteiger partial charge on any atom is 1.00 e. The van der Waals surface area contributed by atoms with Crippen LogP contribution in [0.5, 0.6) is 17.2 Å². The van der Waals surface area contributed by atoms with Crippen LogP contribution in [0.15, 0.2) is 52.6 Å². The molecule has 0 N–H and O–H groups in total. The number of rotatable bonds is 9. The van der Waals surface area contributed by atoms with Crippen molar-refractivity contribution in [2.24, 2.45) is 0 Å². The molecular weight excluding hydrogens is 557 g/mol. The number of methoxy groups -OCH3 is 3. The predicted octanol–water partition coefficient (Wildman–Crippen LogP) is -1.01. The minimum atomic E-state index is -4.51. The Labute approximate surface area is 250 Å². The summed E-state index contributed by atoms with van der Waals surface area (Å²) in [5.41, 5.74) is 1.81. The van der Waals surface area contributed by atoms with E-state index in [4.69, 9.17) is 14.2 Å². The Morgan fingerprint density at radius 3 is 2.38 bits per heavy atom. The molecule has 0 radical (unpaired) electrons. The van der Waals surface area contributed by atoms with Crippen LogP contribution >= 0.6 is 0 Å². The predicted molar refractivity (Wildman–Crippen MR) is 137 cm³/mol. The van der Waals surface area contributed by atoms with Gasteiger partial charge in [-0.25, -0.2) is 8.42 Å². The van der Waals surface area contributed by atoms with Gasteiger partial charge in [-0.2, -0.15) is 8.96 Å². The van der Waals surface area contributed by atoms with Crippen LogP contribution in [0.3, 0.4) is 0 Å². The third-order valence-electron chi connectivity index (χ3n) is 5.94. The fourth-order valence-corrected chi connectivity index (χ4v) is 7.10. The van der Waals surface area contributed by atoms with E-state index in [9.17, 15) is 22.9 Å². The van der Waals surface area contributed by atoms with Crippen molar-refractivity contribution in [3.05, 3.63) is 65.0 Å². The summed E-state index contributed by atoms with van der Waals surface area (Å²) < 4.78 is 58.1. The van der Waals surface area contributed by atoms with Gasteiger partial charge < -0.3 is 28.7 Å². The van der Waals surface area contributed by atoms with Crippen molar-refractivity contribution in [3.8, 4) is 17.2 Å². The van der Waals surface area contributed by atoms with Gasteiger partial charge in [0.25, 0.3) is 10.0 Å². The van der Waals surface area contributed by atoms with Gasteiger partial charge in [-0.15, -0.1) is 0 Å². The van der Waals surface area contributed by atoms with E-state index >= 15 is 0 Å². The Kier molecular flexibility index (Phi) is 9.57. The average molecular weight is 582 g/mol. The molecule has 0 saturated carbocycles. The normalized spacial score (nSPS) is 12.1. The topological polar surface area (TPSA) is 156 Å². The molecule has 0 spiro atoms. The molecule has 2 aromatic heterocycles. The maximum atomic E-state index is 13.9. The number of carboxylic acid groups (broad SMARTS) is 1. The van der Waals surface area contributed by atoms with E-state index in [0.717, 1.165) is 15.6 Å². The first-order valence-corrected chi connectivity index (χ1v) is 13.9. The number of ether oxygens (including phenoxy) is 3. The molecule has 39 heavy (non-hydrogen) atoms. The smallest absolute Gasteiger partial charge is 0.609 e. The molecule has 4 rings (SSSR count). The van der Waals surface area contributed by atoms with Crippen LogP contribution in [0.4, 0.5) is 0 Å². The van der Waals surface area contributed by atoms with Gasteiger partial charge in [-0.3, -0.25) is 4.98 Å². The largest absolute Gasteiger partial charge is 1.00 e. The van der Waals surface area contributed by atoms with Gasteiger partial charge in [-0.05, 0) is 44.2 Å². The van der Waals surface area contributed by atoms with E-state index in [1.54, 1.807) is 25.3 Å². The molecule has 14 heteroatoms. The first-order valence-electron chi connectivity index (χ1n) is 11.1. The number of aromatic nitrogens is 3. The zero-order valence-electron chi connectivity index (χ0n) is 22.2. The number of fused-ring (bicyclic) bond motifs is 1. The van der Waals surface area contributed by atoms with E-state index < -0.39 is 32.7 Å². The van der Waals surface area contributed by atoms with Crippen molar-refractivity contribution in [2.75, 3.05) is 21.3 Å². The molecule has 0 aliphatic carbocycles. The number of carbonyl (C=O) groups is 1. The van der Waals surface area contributed by atoms with Crippen LogP contribution < -0.4 is 48.9 Å². The summed E-state index contributed by atoms with van der Waals surface area (Å²) >= 11 is -1.99. The van der Waals surface area contributed by atoms with E-state index in [0.29, 0.717) is 22.8 Å². The minimum absolute atomic E-state index is 0. The second kappa shape index (κ2) is 12.1. The third-order valence-corrected chi connectivity index (χ3v) is 8.97. The molecule has 0 aliphatic rings. The summed E-state index contributed by atoms with van der Waals surface area (Å²) in [7, 11) is -0.319. The fourth-order valence-electron chi connectivity index (χ4n) is 4.03. The van der Waals surface area contributed by atoms with Crippen molar-refractivity contribution in [2.45, 2.75) is 29.7 Å². The number of hydrogen-bond donors (Lipinski definition) is 0. The number of aryl methyl sites for hydroxylation is 1. The quantitative estimate of drug-likeness (QED) is 0.177. The van der Waals surface area contributed by atoms with Gasteiger partial charge in [0, 0.05) is 40.1 Å². The standard InChI is InChI=1S/C25H25N3O8S2.Na/c1-14-12-26-20(15(2)23(14)36-5)13-37(31)25-27-19-8-6-16(34-3)10-21(19)28(25)38(32,33)17-7-9-22(35-4)18(11-17)24(29)30;/h6-12H,13H2,1-5H3,(H,29,30);/q;+1/p-1. The zero-order valence-corrected chi connectivity index (χ0v) is 25.8. The molecule has 0 saturated heterocycles. The van der Waals surface area contributed by atoms with Crippen LogP contribution in [0.2, 0.25) is 0 Å². The monoisotopic (exact) mass is 581 g/mol. The molecule has 0 amide bonds. The van der Waals surface area contributed by atoms with Crippen LogP contribution in [0, 0.1) is 13.8 Å². The number of carboxylic acids is 1. The molecule has 0 fully saturated rings. The van der Waals surface area contributed by atoms with Gasteiger partial charge in [0.1, 0.15) is 17.2 Å². The Bertz CT molecular complexity index is 1660. The van der Waals surface area contributed by atoms with E-state index in [1.807, 2.05) is 6.92 Å². The molecule has 200 valence electrons. The number of aromatic carboxylic acids is 1. The molecule has 1 unspecified atom stereocenters. The molecule has 4 aromatic rings. The fraction of sp³-hybridized carbons (Fsp3) is 0.240. The van der Waals surface area contributed by atoms with E-state index in [-0.39, 0.29) is 62.1 Å². The Morgan fingerprint density at radius 2 is 1.77 bits per heavy atom. The van der Waals surface area contributed by atoms with Crippen molar-refractivity contribution < 1.29 is 66.6 Å². The molecule has 2 aromatic carbocycles. The third kappa shape index (κ3) is 5.74. The van der Waals surface area contributed by atoms with Crippen LogP contribution in [-0.2, 0) is 27.0 Å². The summed E-state index contributed by atoms with van der Waals surface area (Å²) in [6.07, 6.45) is 1.59. The van der Waals surface area contributed by atoms with E-state index in [1.165, 1.54) is 39.5 Å². The zero-order chi connectivity index (χ0) is 27.8. The minimum Gasteiger partial charge on any atom is -0.609 e. The molecule has 1 atom stereocenters. The summed E-state index contributed by atoms with van der Waals surface area (Å²) in [6.45, 7) is 3.60. The SMILES string of the molecule is COc1ccc2nc([S+]([O-])Cc3ncc(C)c(OC)c3C)n(S(=O)(=O)c3ccc(OC)c(C(=O)[O-])c3)c2c1.[Na+]. The van der Waals surface area contributed by atoms with Crippen molar-refractivity contribution in [1.82, 2.24) is 13.9 Å². The van der Waals surface area contributed by atoms with Gasteiger partial charge in [-0.1, -0.05) is 0 Å². The number of nitrogens with zero attached hydrogens (tertiary/aromatic N) is 3. The van der Waals surface area contributed by atoms with Crippen LogP contribution in [0.1, 0.15) is 27.2 Å². The summed E-state index contributed by atoms with van der Waals surface area (Å²) in [4.78, 5) is 20.0. The molecular formula is C25H24N3NaO8S2. The second-order valence-corrected chi connectivity index (χ2v) is 11.3. The Balaban J connectivity index is 0.00000420. The summed E-state index contributed by atoms with van der Waals surface area (Å²) in [6, 6.07) is 7.91. The number of imidazole rings is 1. The Morgan fingerprint density at radius 1 is 1.05 bits per heavy atom. The average Bonchev–Trinajstić information content (AvgIpc) is 3.29. The molecule has 0 bridgehead atoms. The number of carbonyl (C=O) groups excluding carboxylic acids is 1. The van der Waals surface area contributed by atoms with Gasteiger partial charge in [0.2, 0.25) is 0 Å². The second-order valence-electron chi connectivity index (χ2n) is 8.20. The number of pyridine rings is 1. The van der Waals surface area contributed by atoms with E-state index in [2.05, 4.69) is 9.97 Å². The maximum absolute atomic E-state index is 13.9. The van der Waals surface area contributed by atoms with Gasteiger partial charge in [0.05, 0.1) is 48.9 Å². The van der Waals surface area contributed by atoms with Crippen LogP contribution in [0.25, 0.3) is 11.0 Å². The van der Waals surface area contributed by atoms with Crippen LogP contribution in [-0.4, -0.2) is 54.2 Å².